The predicted molar refractivity (Wildman–Crippen MR) is 95.8 cm³/mol. The number of aromatic carboxylic acids is 1. The number of anilines is 2. The fourth-order valence-electron chi connectivity index (χ4n) is 2.06. The van der Waals surface area contributed by atoms with Crippen LogP contribution in [0, 0.1) is 11.3 Å². The third-order valence-corrected chi connectivity index (χ3v) is 3.38. The van der Waals surface area contributed by atoms with Crippen LogP contribution in [0.5, 0.6) is 0 Å². The molecule has 26 heavy (non-hydrogen) atoms. The normalized spacial score (nSPS) is 10.5. The van der Waals surface area contributed by atoms with Crippen molar-refractivity contribution in [1.82, 2.24) is 0 Å². The van der Waals surface area contributed by atoms with E-state index in [9.17, 15) is 19.6 Å². The molecule has 7 heteroatoms. The van der Waals surface area contributed by atoms with Gasteiger partial charge in [0, 0.05) is 23.1 Å². The molecule has 0 heterocycles. The third kappa shape index (κ3) is 4.79. The second-order valence-corrected chi connectivity index (χ2v) is 5.29. The maximum atomic E-state index is 12.2. The van der Waals surface area contributed by atoms with Crippen molar-refractivity contribution in [3.63, 3.8) is 0 Å². The second-order valence-electron chi connectivity index (χ2n) is 5.29. The highest BCUT2D eigenvalue weighted by Crippen LogP contribution is 2.14. The lowest BCUT2D eigenvalue weighted by molar-refractivity contribution is -0.112. The largest absolute Gasteiger partial charge is 0.478 e. The quantitative estimate of drug-likeness (QED) is 0.419. The van der Waals surface area contributed by atoms with Crippen LogP contribution in [0.15, 0.2) is 60.3 Å². The summed E-state index contributed by atoms with van der Waals surface area (Å²) in [5, 5.41) is 23.4. The average molecular weight is 349 g/mol. The molecule has 0 fully saturated rings. The van der Waals surface area contributed by atoms with Crippen molar-refractivity contribution >= 4 is 29.0 Å². The van der Waals surface area contributed by atoms with Crippen molar-refractivity contribution in [1.29, 1.82) is 5.26 Å². The molecule has 0 aliphatic heterocycles. The molecular formula is C19H15N3O4. The van der Waals surface area contributed by atoms with Gasteiger partial charge in [0.1, 0.15) is 11.6 Å². The Morgan fingerprint density at radius 1 is 1.04 bits per heavy atom. The number of nitrogens with zero attached hydrogens (tertiary/aromatic N) is 1. The highest BCUT2D eigenvalue weighted by Gasteiger charge is 2.10. The van der Waals surface area contributed by atoms with Gasteiger partial charge in [-0.2, -0.15) is 5.26 Å². The van der Waals surface area contributed by atoms with Crippen LogP contribution >= 0.6 is 0 Å². The SMILES string of the molecule is CC(=O)c1cccc(NC(=O)/C(C#N)=C\Nc2cccc(C(=O)O)c2)c1. The molecule has 2 aromatic carbocycles. The van der Waals surface area contributed by atoms with E-state index in [1.807, 2.05) is 0 Å². The Balaban J connectivity index is 2.13. The molecule has 0 aromatic heterocycles. The van der Waals surface area contributed by atoms with Gasteiger partial charge in [-0.25, -0.2) is 4.79 Å². The zero-order valence-electron chi connectivity index (χ0n) is 13.8. The molecule has 0 bridgehead atoms. The summed E-state index contributed by atoms with van der Waals surface area (Å²) >= 11 is 0. The van der Waals surface area contributed by atoms with Crippen LogP contribution < -0.4 is 10.6 Å². The zero-order chi connectivity index (χ0) is 19.1. The highest BCUT2D eigenvalue weighted by atomic mass is 16.4. The molecule has 0 unspecified atom stereocenters. The lowest BCUT2D eigenvalue weighted by Gasteiger charge is -2.06. The maximum absolute atomic E-state index is 12.2. The average Bonchev–Trinajstić information content (AvgIpc) is 2.62. The first-order valence-electron chi connectivity index (χ1n) is 7.53. The Morgan fingerprint density at radius 2 is 1.65 bits per heavy atom. The van der Waals surface area contributed by atoms with Gasteiger partial charge in [0.25, 0.3) is 5.91 Å². The molecule has 1 amide bonds. The molecular weight excluding hydrogens is 334 g/mol. The number of amides is 1. The van der Waals surface area contributed by atoms with Crippen LogP contribution in [0.4, 0.5) is 11.4 Å². The van der Waals surface area contributed by atoms with Crippen LogP contribution in [0.3, 0.4) is 0 Å². The molecule has 2 rings (SSSR count). The molecule has 0 saturated carbocycles. The van der Waals surface area contributed by atoms with Crippen molar-refractivity contribution in [3.8, 4) is 6.07 Å². The smallest absolute Gasteiger partial charge is 0.335 e. The topological polar surface area (TPSA) is 119 Å². The number of benzene rings is 2. The summed E-state index contributed by atoms with van der Waals surface area (Å²) in [7, 11) is 0. The Kier molecular flexibility index (Phi) is 5.85. The van der Waals surface area contributed by atoms with Gasteiger partial charge >= 0.3 is 5.97 Å². The van der Waals surface area contributed by atoms with Crippen molar-refractivity contribution in [2.75, 3.05) is 10.6 Å². The number of ketones is 1. The monoisotopic (exact) mass is 349 g/mol. The molecule has 0 atom stereocenters. The van der Waals surface area contributed by atoms with E-state index >= 15 is 0 Å². The Morgan fingerprint density at radius 3 is 2.27 bits per heavy atom. The van der Waals surface area contributed by atoms with Crippen molar-refractivity contribution in [2.24, 2.45) is 0 Å². The van der Waals surface area contributed by atoms with Crippen molar-refractivity contribution < 1.29 is 19.5 Å². The second kappa shape index (κ2) is 8.26. The van der Waals surface area contributed by atoms with Gasteiger partial charge in [-0.15, -0.1) is 0 Å². The molecule has 130 valence electrons. The lowest BCUT2D eigenvalue weighted by atomic mass is 10.1. The Hall–Kier alpha value is -3.92. The minimum atomic E-state index is -1.08. The van der Waals surface area contributed by atoms with Crippen molar-refractivity contribution in [2.45, 2.75) is 6.92 Å². The van der Waals surface area contributed by atoms with Gasteiger partial charge in [-0.3, -0.25) is 9.59 Å². The number of rotatable bonds is 6. The molecule has 0 aliphatic carbocycles. The van der Waals surface area contributed by atoms with Gasteiger partial charge in [0.15, 0.2) is 5.78 Å². The fourth-order valence-corrected chi connectivity index (χ4v) is 2.06. The van der Waals surface area contributed by atoms with Gasteiger partial charge in [0.2, 0.25) is 0 Å². The summed E-state index contributed by atoms with van der Waals surface area (Å²) in [6.45, 7) is 1.41. The summed E-state index contributed by atoms with van der Waals surface area (Å²) in [6.07, 6.45) is 1.19. The Bertz CT molecular complexity index is 942. The number of nitriles is 1. The number of carboxylic acid groups (broad SMARTS) is 1. The van der Waals surface area contributed by atoms with E-state index in [0.717, 1.165) is 0 Å². The standard InChI is InChI=1S/C19H15N3O4/c1-12(23)13-4-2-7-17(8-13)22-18(24)15(10-20)11-21-16-6-3-5-14(9-16)19(25)26/h2-9,11,21H,1H3,(H,22,24)(H,25,26)/b15-11-. The molecule has 7 nitrogen and oxygen atoms in total. The molecule has 0 aliphatic rings. The summed E-state index contributed by atoms with van der Waals surface area (Å²) < 4.78 is 0. The minimum Gasteiger partial charge on any atom is -0.478 e. The molecule has 0 radical (unpaired) electrons. The van der Waals surface area contributed by atoms with Crippen LogP contribution in [-0.4, -0.2) is 22.8 Å². The van der Waals surface area contributed by atoms with Crippen LogP contribution in [0.1, 0.15) is 27.6 Å². The molecule has 3 N–H and O–H groups in total. The number of hydrogen-bond acceptors (Lipinski definition) is 5. The van der Waals surface area contributed by atoms with E-state index in [2.05, 4.69) is 10.6 Å². The van der Waals surface area contributed by atoms with E-state index in [-0.39, 0.29) is 16.9 Å². The lowest BCUT2D eigenvalue weighted by Crippen LogP contribution is -2.15. The fraction of sp³-hybridized carbons (Fsp3) is 0.0526. The minimum absolute atomic E-state index is 0.0763. The van der Waals surface area contributed by atoms with Gasteiger partial charge in [-0.05, 0) is 37.3 Å². The zero-order valence-corrected chi connectivity index (χ0v) is 13.8. The third-order valence-electron chi connectivity index (χ3n) is 3.38. The Labute approximate surface area is 149 Å². The molecule has 0 spiro atoms. The van der Waals surface area contributed by atoms with Crippen LogP contribution in [0.25, 0.3) is 0 Å². The number of carbonyl (C=O) groups is 3. The number of hydrogen-bond donors (Lipinski definition) is 3. The van der Waals surface area contributed by atoms with Gasteiger partial charge in [0.05, 0.1) is 5.56 Å². The van der Waals surface area contributed by atoms with Gasteiger partial charge < -0.3 is 15.7 Å². The number of Topliss-reactive ketones (excluding diaryl/α,β-unsaturated/α-hetero) is 1. The molecule has 0 saturated heterocycles. The predicted octanol–water partition coefficient (Wildman–Crippen LogP) is 3.05. The first kappa shape index (κ1) is 18.4. The van der Waals surface area contributed by atoms with Crippen molar-refractivity contribution in [3.05, 3.63) is 71.4 Å². The highest BCUT2D eigenvalue weighted by molar-refractivity contribution is 6.07. The van der Waals surface area contributed by atoms with Gasteiger partial charge in [-0.1, -0.05) is 18.2 Å². The number of carbonyl (C=O) groups excluding carboxylic acids is 2. The van der Waals surface area contributed by atoms with E-state index < -0.39 is 11.9 Å². The summed E-state index contributed by atoms with van der Waals surface area (Å²) in [5.74, 6) is -1.88. The first-order chi connectivity index (χ1) is 12.4. The summed E-state index contributed by atoms with van der Waals surface area (Å²) in [4.78, 5) is 34.5. The first-order valence-corrected chi connectivity index (χ1v) is 7.53. The van der Waals surface area contributed by atoms with E-state index in [1.165, 1.54) is 31.3 Å². The van der Waals surface area contributed by atoms with E-state index in [4.69, 9.17) is 5.11 Å². The summed E-state index contributed by atoms with van der Waals surface area (Å²) in [5.41, 5.74) is 1.11. The maximum Gasteiger partial charge on any atom is 0.335 e. The number of carboxylic acids is 1. The summed E-state index contributed by atoms with van der Waals surface area (Å²) in [6, 6.07) is 14.1. The number of nitrogens with one attached hydrogen (secondary N) is 2. The van der Waals surface area contributed by atoms with Crippen LogP contribution in [0.2, 0.25) is 0 Å². The molecule has 2 aromatic rings. The van der Waals surface area contributed by atoms with E-state index in [1.54, 1.807) is 36.4 Å². The van der Waals surface area contributed by atoms with E-state index in [0.29, 0.717) is 16.9 Å². The van der Waals surface area contributed by atoms with Crippen LogP contribution in [-0.2, 0) is 4.79 Å².